The monoisotopic (exact) mass is 352 g/mol. The first-order valence-electron chi connectivity index (χ1n) is 8.17. The topological polar surface area (TPSA) is 33.2 Å². The summed E-state index contributed by atoms with van der Waals surface area (Å²) in [6.07, 6.45) is 1.66. The predicted molar refractivity (Wildman–Crippen MR) is 98.3 cm³/mol. The van der Waals surface area contributed by atoms with E-state index in [9.17, 15) is 13.6 Å². The molecule has 0 radical (unpaired) electrons. The van der Waals surface area contributed by atoms with E-state index in [4.69, 9.17) is 0 Å². The molecule has 0 atom stereocenters. The minimum atomic E-state index is -0.599. The molecule has 1 heterocycles. The lowest BCUT2D eigenvalue weighted by Crippen LogP contribution is -2.25. The van der Waals surface area contributed by atoms with Gasteiger partial charge >= 0.3 is 0 Å². The summed E-state index contributed by atoms with van der Waals surface area (Å²) < 4.78 is 28.7. The van der Waals surface area contributed by atoms with Crippen molar-refractivity contribution in [1.82, 2.24) is 4.98 Å². The van der Waals surface area contributed by atoms with Crippen molar-refractivity contribution in [3.63, 3.8) is 0 Å². The van der Waals surface area contributed by atoms with Crippen LogP contribution in [-0.2, 0) is 4.79 Å². The van der Waals surface area contributed by atoms with Crippen LogP contribution in [0.25, 0.3) is 11.1 Å². The number of hydrogen-bond donors (Lipinski definition) is 0. The molecule has 26 heavy (non-hydrogen) atoms. The van der Waals surface area contributed by atoms with Crippen LogP contribution in [0.5, 0.6) is 0 Å². The molecule has 5 heteroatoms. The molecule has 3 aromatic rings. The Morgan fingerprint density at radius 1 is 0.962 bits per heavy atom. The fourth-order valence-electron chi connectivity index (χ4n) is 3.03. The van der Waals surface area contributed by atoms with Gasteiger partial charge in [0, 0.05) is 24.2 Å². The number of aromatic nitrogens is 1. The van der Waals surface area contributed by atoms with Gasteiger partial charge < -0.3 is 0 Å². The van der Waals surface area contributed by atoms with Crippen molar-refractivity contribution in [3.8, 4) is 11.1 Å². The van der Waals surface area contributed by atoms with Gasteiger partial charge in [0.2, 0.25) is 5.91 Å². The van der Waals surface area contributed by atoms with E-state index in [0.717, 1.165) is 5.56 Å². The maximum atomic E-state index is 14.7. The van der Waals surface area contributed by atoms with Crippen LogP contribution in [0.3, 0.4) is 0 Å². The second-order valence-corrected chi connectivity index (χ2v) is 6.06. The van der Waals surface area contributed by atoms with E-state index >= 15 is 0 Å². The second kappa shape index (κ2) is 7.04. The molecule has 0 aliphatic heterocycles. The maximum absolute atomic E-state index is 14.7. The van der Waals surface area contributed by atoms with Crippen LogP contribution in [0.15, 0.2) is 54.7 Å². The van der Waals surface area contributed by atoms with Crippen molar-refractivity contribution in [3.05, 3.63) is 77.6 Å². The second-order valence-electron chi connectivity index (χ2n) is 6.06. The Labute approximate surface area is 150 Å². The summed E-state index contributed by atoms with van der Waals surface area (Å²) in [5.41, 5.74) is 2.84. The van der Waals surface area contributed by atoms with Gasteiger partial charge in [0.1, 0.15) is 11.6 Å². The highest BCUT2D eigenvalue weighted by Gasteiger charge is 2.21. The summed E-state index contributed by atoms with van der Waals surface area (Å²) in [5.74, 6) is -1.36. The molecule has 2 aromatic carbocycles. The number of halogens is 2. The molecular formula is C21H18F2N2O. The number of amides is 1. The van der Waals surface area contributed by atoms with E-state index < -0.39 is 11.6 Å². The quantitative estimate of drug-likeness (QED) is 0.638. The largest absolute Gasteiger partial charge is 0.279 e. The summed E-state index contributed by atoms with van der Waals surface area (Å²) in [7, 11) is 0. The van der Waals surface area contributed by atoms with E-state index in [1.807, 2.05) is 6.92 Å². The molecule has 3 rings (SSSR count). The summed E-state index contributed by atoms with van der Waals surface area (Å²) in [4.78, 5) is 17.9. The van der Waals surface area contributed by atoms with Crippen molar-refractivity contribution in [2.75, 3.05) is 4.90 Å². The van der Waals surface area contributed by atoms with Crippen molar-refractivity contribution in [1.29, 1.82) is 0 Å². The molecule has 3 nitrogen and oxygen atoms in total. The van der Waals surface area contributed by atoms with Crippen LogP contribution in [-0.4, -0.2) is 10.9 Å². The van der Waals surface area contributed by atoms with Crippen LogP contribution >= 0.6 is 0 Å². The number of aryl methyl sites for hydroxylation is 2. The molecule has 0 aliphatic rings. The zero-order valence-corrected chi connectivity index (χ0v) is 14.8. The third-order valence-corrected chi connectivity index (χ3v) is 4.22. The van der Waals surface area contributed by atoms with E-state index in [-0.39, 0.29) is 17.0 Å². The third-order valence-electron chi connectivity index (χ3n) is 4.22. The molecule has 1 amide bonds. The molecule has 0 unspecified atom stereocenters. The number of hydrogen-bond acceptors (Lipinski definition) is 2. The van der Waals surface area contributed by atoms with Gasteiger partial charge in [0.15, 0.2) is 0 Å². The van der Waals surface area contributed by atoms with Gasteiger partial charge in [0.05, 0.1) is 17.1 Å². The van der Waals surface area contributed by atoms with Gasteiger partial charge in [-0.3, -0.25) is 14.7 Å². The molecule has 0 fully saturated rings. The lowest BCUT2D eigenvalue weighted by atomic mass is 10.0. The summed E-state index contributed by atoms with van der Waals surface area (Å²) >= 11 is 0. The summed E-state index contributed by atoms with van der Waals surface area (Å²) in [6, 6.07) is 12.1. The predicted octanol–water partition coefficient (Wildman–Crippen LogP) is 5.33. The van der Waals surface area contributed by atoms with E-state index in [2.05, 4.69) is 4.98 Å². The first-order valence-corrected chi connectivity index (χ1v) is 8.17. The Morgan fingerprint density at radius 2 is 1.65 bits per heavy atom. The fraction of sp³-hybridized carbons (Fsp3) is 0.143. The number of pyridine rings is 1. The van der Waals surface area contributed by atoms with Crippen molar-refractivity contribution in [2.45, 2.75) is 20.8 Å². The third kappa shape index (κ3) is 3.20. The van der Waals surface area contributed by atoms with Gasteiger partial charge in [-0.25, -0.2) is 8.78 Å². The number of rotatable bonds is 3. The lowest BCUT2D eigenvalue weighted by molar-refractivity contribution is -0.115. The maximum Gasteiger partial charge on any atom is 0.228 e. The zero-order chi connectivity index (χ0) is 18.8. The van der Waals surface area contributed by atoms with Crippen molar-refractivity contribution >= 4 is 17.3 Å². The molecule has 0 N–H and O–H groups in total. The molecular weight excluding hydrogens is 334 g/mol. The molecule has 0 spiro atoms. The molecule has 0 aliphatic carbocycles. The Balaban J connectivity index is 2.12. The highest BCUT2D eigenvalue weighted by Crippen LogP contribution is 2.34. The van der Waals surface area contributed by atoms with Crippen LogP contribution in [0.4, 0.5) is 20.2 Å². The number of carbonyl (C=O) groups excluding carboxylic acids is 1. The number of carbonyl (C=O) groups is 1. The molecule has 0 saturated heterocycles. The first kappa shape index (κ1) is 17.7. The summed E-state index contributed by atoms with van der Waals surface area (Å²) in [6.45, 7) is 5.07. The molecule has 0 bridgehead atoms. The van der Waals surface area contributed by atoms with Gasteiger partial charge in [-0.05, 0) is 49.7 Å². The minimum Gasteiger partial charge on any atom is -0.279 e. The smallest absolute Gasteiger partial charge is 0.228 e. The summed E-state index contributed by atoms with van der Waals surface area (Å²) in [5, 5.41) is 0. The molecule has 1 aromatic heterocycles. The Kier molecular flexibility index (Phi) is 4.80. The fourth-order valence-corrected chi connectivity index (χ4v) is 3.03. The highest BCUT2D eigenvalue weighted by atomic mass is 19.1. The van der Waals surface area contributed by atoms with Crippen molar-refractivity contribution in [2.24, 2.45) is 0 Å². The highest BCUT2D eigenvalue weighted by molar-refractivity contribution is 6.00. The molecule has 0 saturated carbocycles. The normalized spacial score (nSPS) is 10.7. The van der Waals surface area contributed by atoms with Crippen molar-refractivity contribution < 1.29 is 13.6 Å². The van der Waals surface area contributed by atoms with Gasteiger partial charge in [-0.1, -0.05) is 18.2 Å². The average Bonchev–Trinajstić information content (AvgIpc) is 2.59. The van der Waals surface area contributed by atoms with E-state index in [1.54, 1.807) is 37.4 Å². The van der Waals surface area contributed by atoms with E-state index in [1.165, 1.54) is 36.1 Å². The number of nitrogens with zero attached hydrogens (tertiary/aromatic N) is 2. The van der Waals surface area contributed by atoms with Crippen LogP contribution in [0, 0.1) is 25.5 Å². The standard InChI is InChI=1S/C21H18F2N2O/c1-13-10-11-24-14(2)21(13)25(15(3)26)16-8-9-18(20(23)12-16)17-6-4-5-7-19(17)22/h4-12H,1-3H3. The first-order chi connectivity index (χ1) is 12.4. The van der Waals surface area contributed by atoms with Crippen LogP contribution < -0.4 is 4.90 Å². The van der Waals surface area contributed by atoms with Gasteiger partial charge in [-0.2, -0.15) is 0 Å². The lowest BCUT2D eigenvalue weighted by Gasteiger charge is -2.25. The van der Waals surface area contributed by atoms with E-state index in [0.29, 0.717) is 17.1 Å². The Morgan fingerprint density at radius 3 is 2.27 bits per heavy atom. The molecule has 132 valence electrons. The van der Waals surface area contributed by atoms with Gasteiger partial charge in [-0.15, -0.1) is 0 Å². The Bertz CT molecular complexity index is 965. The van der Waals surface area contributed by atoms with Crippen LogP contribution in [0.1, 0.15) is 18.2 Å². The van der Waals surface area contributed by atoms with Crippen LogP contribution in [0.2, 0.25) is 0 Å². The number of anilines is 2. The zero-order valence-electron chi connectivity index (χ0n) is 14.8. The van der Waals surface area contributed by atoms with Gasteiger partial charge in [0.25, 0.3) is 0 Å². The average molecular weight is 352 g/mol. The SMILES string of the molecule is CC(=O)N(c1ccc(-c2ccccc2F)c(F)c1)c1c(C)ccnc1C. The Hall–Kier alpha value is -3.08. The number of benzene rings is 2. The minimum absolute atomic E-state index is 0.148.